The van der Waals surface area contributed by atoms with Crippen molar-refractivity contribution in [2.24, 2.45) is 0 Å². The lowest BCUT2D eigenvalue weighted by atomic mass is 10.1. The third kappa shape index (κ3) is 7.13. The Kier molecular flexibility index (Phi) is 6.59. The van der Waals surface area contributed by atoms with Crippen LogP contribution in [-0.2, 0) is 19.4 Å². The highest BCUT2D eigenvalue weighted by atomic mass is 32.2. The molecule has 1 rings (SSSR count). The van der Waals surface area contributed by atoms with Gasteiger partial charge in [0.25, 0.3) is 0 Å². The molecule has 25 heavy (non-hydrogen) atoms. The monoisotopic (exact) mass is 370 g/mol. The summed E-state index contributed by atoms with van der Waals surface area (Å²) in [6, 6.07) is 5.17. The lowest BCUT2D eigenvalue weighted by molar-refractivity contribution is -0.123. The van der Waals surface area contributed by atoms with Crippen LogP contribution in [0.1, 0.15) is 46.2 Å². The SMILES string of the molecule is CC(NC(=O)OC(C)(C)C)C(=O)NC(C)c1ccc(S(C)(=O)=O)cc1. The molecular weight excluding hydrogens is 344 g/mol. The molecule has 2 amide bonds. The van der Waals surface area contributed by atoms with E-state index in [1.807, 2.05) is 0 Å². The molecule has 1 aromatic carbocycles. The zero-order chi connectivity index (χ0) is 19.4. The van der Waals surface area contributed by atoms with E-state index >= 15 is 0 Å². The number of benzene rings is 1. The van der Waals surface area contributed by atoms with E-state index in [2.05, 4.69) is 10.6 Å². The highest BCUT2D eigenvalue weighted by Gasteiger charge is 2.22. The van der Waals surface area contributed by atoms with Gasteiger partial charge in [-0.15, -0.1) is 0 Å². The van der Waals surface area contributed by atoms with Crippen LogP contribution >= 0.6 is 0 Å². The molecule has 1 aromatic rings. The van der Waals surface area contributed by atoms with Crippen LogP contribution in [0.15, 0.2) is 29.2 Å². The minimum atomic E-state index is -3.26. The van der Waals surface area contributed by atoms with Gasteiger partial charge in [0.05, 0.1) is 10.9 Å². The summed E-state index contributed by atoms with van der Waals surface area (Å²) in [7, 11) is -3.26. The van der Waals surface area contributed by atoms with Crippen LogP contribution < -0.4 is 10.6 Å². The molecule has 0 fully saturated rings. The quantitative estimate of drug-likeness (QED) is 0.827. The van der Waals surface area contributed by atoms with Crippen molar-refractivity contribution in [1.82, 2.24) is 10.6 Å². The number of hydrogen-bond acceptors (Lipinski definition) is 5. The number of sulfone groups is 1. The summed E-state index contributed by atoms with van der Waals surface area (Å²) in [5, 5.41) is 5.23. The summed E-state index contributed by atoms with van der Waals surface area (Å²) in [5.74, 6) is -0.370. The summed E-state index contributed by atoms with van der Waals surface area (Å²) in [6.45, 7) is 8.53. The fourth-order valence-electron chi connectivity index (χ4n) is 1.98. The number of carbonyl (C=O) groups is 2. The number of carbonyl (C=O) groups excluding carboxylic acids is 2. The van der Waals surface area contributed by atoms with Crippen LogP contribution in [0.2, 0.25) is 0 Å². The van der Waals surface area contributed by atoms with Crippen molar-refractivity contribution in [1.29, 1.82) is 0 Å². The van der Waals surface area contributed by atoms with Gasteiger partial charge in [0, 0.05) is 6.26 Å². The van der Waals surface area contributed by atoms with Crippen molar-refractivity contribution in [2.45, 2.75) is 57.2 Å². The maximum absolute atomic E-state index is 12.2. The normalized spacial score (nSPS) is 14.3. The Labute approximate surface area is 149 Å². The van der Waals surface area contributed by atoms with E-state index < -0.39 is 27.6 Å². The first-order valence-corrected chi connectivity index (χ1v) is 9.78. The fraction of sp³-hybridized carbons (Fsp3) is 0.529. The van der Waals surface area contributed by atoms with Crippen LogP contribution in [0.5, 0.6) is 0 Å². The maximum atomic E-state index is 12.2. The Morgan fingerprint density at radius 3 is 2.00 bits per heavy atom. The van der Waals surface area contributed by atoms with Gasteiger partial charge in [0.1, 0.15) is 11.6 Å². The number of hydrogen-bond donors (Lipinski definition) is 2. The molecule has 0 aliphatic rings. The summed E-state index contributed by atoms with van der Waals surface area (Å²) in [4.78, 5) is 24.1. The predicted molar refractivity (Wildman–Crippen MR) is 94.9 cm³/mol. The van der Waals surface area contributed by atoms with Gasteiger partial charge in [0.2, 0.25) is 5.91 Å². The Hall–Kier alpha value is -2.09. The second kappa shape index (κ2) is 7.86. The molecule has 0 aromatic heterocycles. The number of rotatable bonds is 5. The number of alkyl carbamates (subject to hydrolysis) is 1. The van der Waals surface area contributed by atoms with Gasteiger partial charge in [-0.25, -0.2) is 13.2 Å². The van der Waals surface area contributed by atoms with Crippen LogP contribution in [-0.4, -0.2) is 38.3 Å². The molecular formula is C17H26N2O5S. The molecule has 0 spiro atoms. The van der Waals surface area contributed by atoms with E-state index in [-0.39, 0.29) is 16.8 Å². The van der Waals surface area contributed by atoms with Gasteiger partial charge in [-0.1, -0.05) is 12.1 Å². The molecule has 0 aliphatic heterocycles. The zero-order valence-electron chi connectivity index (χ0n) is 15.4. The smallest absolute Gasteiger partial charge is 0.408 e. The van der Waals surface area contributed by atoms with E-state index in [0.717, 1.165) is 11.8 Å². The molecule has 0 saturated heterocycles. The van der Waals surface area contributed by atoms with E-state index in [9.17, 15) is 18.0 Å². The summed E-state index contributed by atoms with van der Waals surface area (Å²) < 4.78 is 28.0. The topological polar surface area (TPSA) is 102 Å². The number of ether oxygens (including phenoxy) is 1. The van der Waals surface area contributed by atoms with Gasteiger partial charge < -0.3 is 15.4 Å². The van der Waals surface area contributed by atoms with E-state index in [1.54, 1.807) is 46.8 Å². The van der Waals surface area contributed by atoms with Crippen LogP contribution in [0.4, 0.5) is 4.79 Å². The molecule has 0 aliphatic carbocycles. The standard InChI is InChI=1S/C17H26N2O5S/c1-11(13-7-9-14(10-8-13)25(6,22)23)18-15(20)12(2)19-16(21)24-17(3,4)5/h7-12H,1-6H3,(H,18,20)(H,19,21). The van der Waals surface area contributed by atoms with Crippen molar-refractivity contribution in [3.05, 3.63) is 29.8 Å². The molecule has 0 radical (unpaired) electrons. The number of nitrogens with one attached hydrogen (secondary N) is 2. The maximum Gasteiger partial charge on any atom is 0.408 e. The molecule has 8 heteroatoms. The van der Waals surface area contributed by atoms with Gasteiger partial charge in [-0.3, -0.25) is 4.79 Å². The Morgan fingerprint density at radius 2 is 1.56 bits per heavy atom. The summed E-state index contributed by atoms with van der Waals surface area (Å²) in [6.07, 6.45) is 0.470. The molecule has 2 N–H and O–H groups in total. The van der Waals surface area contributed by atoms with Gasteiger partial charge in [-0.05, 0) is 52.3 Å². The van der Waals surface area contributed by atoms with Crippen LogP contribution in [0.3, 0.4) is 0 Å². The predicted octanol–water partition coefficient (Wildman–Crippen LogP) is 2.18. The van der Waals surface area contributed by atoms with E-state index in [0.29, 0.717) is 0 Å². The minimum Gasteiger partial charge on any atom is -0.444 e. The molecule has 7 nitrogen and oxygen atoms in total. The summed E-state index contributed by atoms with van der Waals surface area (Å²) >= 11 is 0. The van der Waals surface area contributed by atoms with Crippen molar-refractivity contribution in [3.63, 3.8) is 0 Å². The zero-order valence-corrected chi connectivity index (χ0v) is 16.2. The van der Waals surface area contributed by atoms with Gasteiger partial charge in [-0.2, -0.15) is 0 Å². The number of amides is 2. The van der Waals surface area contributed by atoms with Crippen molar-refractivity contribution >= 4 is 21.8 Å². The first-order valence-electron chi connectivity index (χ1n) is 7.89. The minimum absolute atomic E-state index is 0.217. The highest BCUT2D eigenvalue weighted by Crippen LogP contribution is 2.16. The average Bonchev–Trinajstić information content (AvgIpc) is 2.44. The van der Waals surface area contributed by atoms with E-state index in [1.165, 1.54) is 12.1 Å². The third-order valence-electron chi connectivity index (χ3n) is 3.29. The van der Waals surface area contributed by atoms with E-state index in [4.69, 9.17) is 4.74 Å². The van der Waals surface area contributed by atoms with Crippen molar-refractivity contribution in [2.75, 3.05) is 6.26 Å². The first kappa shape index (κ1) is 21.0. The second-order valence-electron chi connectivity index (χ2n) is 6.94. The van der Waals surface area contributed by atoms with Crippen LogP contribution in [0, 0.1) is 0 Å². The van der Waals surface area contributed by atoms with Gasteiger partial charge >= 0.3 is 6.09 Å². The Balaban J connectivity index is 2.65. The molecule has 0 heterocycles. The molecule has 2 unspecified atom stereocenters. The average molecular weight is 370 g/mol. The van der Waals surface area contributed by atoms with Crippen molar-refractivity contribution < 1.29 is 22.7 Å². The van der Waals surface area contributed by atoms with Crippen LogP contribution in [0.25, 0.3) is 0 Å². The fourth-order valence-corrected chi connectivity index (χ4v) is 2.61. The highest BCUT2D eigenvalue weighted by molar-refractivity contribution is 7.90. The molecule has 0 bridgehead atoms. The Morgan fingerprint density at radius 1 is 1.04 bits per heavy atom. The lowest BCUT2D eigenvalue weighted by Crippen LogP contribution is -2.47. The summed E-state index contributed by atoms with van der Waals surface area (Å²) in [5.41, 5.74) is 0.111. The third-order valence-corrected chi connectivity index (χ3v) is 4.42. The second-order valence-corrected chi connectivity index (χ2v) is 8.96. The molecule has 0 saturated carbocycles. The Bertz CT molecular complexity index is 720. The van der Waals surface area contributed by atoms with Gasteiger partial charge in [0.15, 0.2) is 9.84 Å². The molecule has 2 atom stereocenters. The first-order chi connectivity index (χ1) is 11.3. The largest absolute Gasteiger partial charge is 0.444 e. The van der Waals surface area contributed by atoms with Crippen molar-refractivity contribution in [3.8, 4) is 0 Å². The molecule has 140 valence electrons. The lowest BCUT2D eigenvalue weighted by Gasteiger charge is -2.22.